The van der Waals surface area contributed by atoms with Gasteiger partial charge in [-0.3, -0.25) is 0 Å². The molecule has 0 radical (unpaired) electrons. The van der Waals surface area contributed by atoms with Gasteiger partial charge in [-0.1, -0.05) is 6.07 Å². The van der Waals surface area contributed by atoms with E-state index in [9.17, 15) is 17.9 Å². The minimum Gasteiger partial charge on any atom is -0.387 e. The molecule has 1 saturated heterocycles. The standard InChI is InChI=1S/C13H19FN2O3S/c1-10-3-4-11(7-12(10)14)20(18,19)16-9-13(17)5-2-6-15-8-13/h3-4,7,15-17H,2,5-6,8-9H2,1H3/t13-/m1/s1. The summed E-state index contributed by atoms with van der Waals surface area (Å²) in [4.78, 5) is -0.132. The van der Waals surface area contributed by atoms with Gasteiger partial charge in [-0.05, 0) is 44.0 Å². The third kappa shape index (κ3) is 3.54. The summed E-state index contributed by atoms with van der Waals surface area (Å²) in [6.45, 7) is 2.64. The molecule has 2 rings (SSSR count). The first-order chi connectivity index (χ1) is 9.32. The summed E-state index contributed by atoms with van der Waals surface area (Å²) in [5.74, 6) is -0.564. The fourth-order valence-electron chi connectivity index (χ4n) is 2.16. The first-order valence-corrected chi connectivity index (χ1v) is 8.00. The minimum absolute atomic E-state index is 0.0855. The number of hydrogen-bond acceptors (Lipinski definition) is 4. The largest absolute Gasteiger partial charge is 0.387 e. The van der Waals surface area contributed by atoms with Crippen molar-refractivity contribution in [3.8, 4) is 0 Å². The van der Waals surface area contributed by atoms with Crippen molar-refractivity contribution in [1.82, 2.24) is 10.0 Å². The number of halogens is 1. The lowest BCUT2D eigenvalue weighted by Crippen LogP contribution is -2.52. The molecule has 20 heavy (non-hydrogen) atoms. The maximum absolute atomic E-state index is 13.4. The van der Waals surface area contributed by atoms with Gasteiger partial charge in [-0.15, -0.1) is 0 Å². The lowest BCUT2D eigenvalue weighted by molar-refractivity contribution is 0.0218. The van der Waals surface area contributed by atoms with E-state index < -0.39 is 21.4 Å². The Hall–Kier alpha value is -1.02. The van der Waals surface area contributed by atoms with Crippen LogP contribution in [0.1, 0.15) is 18.4 Å². The van der Waals surface area contributed by atoms with E-state index in [1.165, 1.54) is 12.1 Å². The zero-order valence-electron chi connectivity index (χ0n) is 11.3. The van der Waals surface area contributed by atoms with Crippen LogP contribution in [0.2, 0.25) is 0 Å². The number of aliphatic hydroxyl groups is 1. The Balaban J connectivity index is 2.09. The van der Waals surface area contributed by atoms with Crippen LogP contribution in [0.5, 0.6) is 0 Å². The second-order valence-corrected chi connectivity index (χ2v) is 7.01. The molecular formula is C13H19FN2O3S. The van der Waals surface area contributed by atoms with E-state index in [2.05, 4.69) is 10.0 Å². The summed E-state index contributed by atoms with van der Waals surface area (Å²) in [5.41, 5.74) is -0.701. The average Bonchev–Trinajstić information content (AvgIpc) is 2.41. The molecule has 0 aromatic heterocycles. The Kier molecular flexibility index (Phi) is 4.43. The van der Waals surface area contributed by atoms with Crippen LogP contribution in [0.4, 0.5) is 4.39 Å². The van der Waals surface area contributed by atoms with Crippen LogP contribution >= 0.6 is 0 Å². The highest BCUT2D eigenvalue weighted by molar-refractivity contribution is 7.89. The molecule has 1 atom stereocenters. The molecule has 1 aliphatic heterocycles. The third-order valence-electron chi connectivity index (χ3n) is 3.49. The summed E-state index contributed by atoms with van der Waals surface area (Å²) in [5, 5.41) is 13.2. The SMILES string of the molecule is Cc1ccc(S(=O)(=O)NC[C@@]2(O)CCCNC2)cc1F. The van der Waals surface area contributed by atoms with E-state index in [4.69, 9.17) is 0 Å². The quantitative estimate of drug-likeness (QED) is 0.758. The van der Waals surface area contributed by atoms with Crippen molar-refractivity contribution in [2.45, 2.75) is 30.3 Å². The Morgan fingerprint density at radius 1 is 1.50 bits per heavy atom. The fraction of sp³-hybridized carbons (Fsp3) is 0.538. The molecule has 0 spiro atoms. The van der Waals surface area contributed by atoms with Crippen LogP contribution in [0, 0.1) is 12.7 Å². The monoisotopic (exact) mass is 302 g/mol. The first kappa shape index (κ1) is 15.4. The molecule has 0 aliphatic carbocycles. The van der Waals surface area contributed by atoms with Gasteiger partial charge in [0.25, 0.3) is 0 Å². The number of β-amino-alcohol motifs (C(OH)–C–C–N with tert-alkyl or cyclic N) is 1. The predicted octanol–water partition coefficient (Wildman–Crippen LogP) is 0.527. The summed E-state index contributed by atoms with van der Waals surface area (Å²) < 4.78 is 39.9. The molecule has 1 aromatic rings. The zero-order chi connectivity index (χ0) is 14.8. The Morgan fingerprint density at radius 2 is 2.25 bits per heavy atom. The molecule has 1 aliphatic rings. The summed E-state index contributed by atoms with van der Waals surface area (Å²) in [6, 6.07) is 3.76. The van der Waals surface area contributed by atoms with Crippen LogP contribution in [0.3, 0.4) is 0 Å². The van der Waals surface area contributed by atoms with Gasteiger partial charge in [-0.25, -0.2) is 17.5 Å². The van der Waals surface area contributed by atoms with Crippen LogP contribution < -0.4 is 10.0 Å². The van der Waals surface area contributed by atoms with E-state index in [-0.39, 0.29) is 11.4 Å². The molecule has 0 bridgehead atoms. The number of piperidine rings is 1. The Morgan fingerprint density at radius 3 is 2.85 bits per heavy atom. The average molecular weight is 302 g/mol. The smallest absolute Gasteiger partial charge is 0.240 e. The third-order valence-corrected chi connectivity index (χ3v) is 4.89. The first-order valence-electron chi connectivity index (χ1n) is 6.51. The molecule has 1 fully saturated rings. The molecule has 1 aromatic carbocycles. The number of rotatable bonds is 4. The Bertz CT molecular complexity index is 583. The van der Waals surface area contributed by atoms with Crippen molar-refractivity contribution < 1.29 is 17.9 Å². The second kappa shape index (κ2) is 5.77. The van der Waals surface area contributed by atoms with Gasteiger partial charge in [0, 0.05) is 13.1 Å². The molecule has 0 unspecified atom stereocenters. The number of sulfonamides is 1. The minimum atomic E-state index is -3.81. The fourth-order valence-corrected chi connectivity index (χ4v) is 3.29. The van der Waals surface area contributed by atoms with Gasteiger partial charge < -0.3 is 10.4 Å². The highest BCUT2D eigenvalue weighted by Gasteiger charge is 2.31. The van der Waals surface area contributed by atoms with Gasteiger partial charge in [0.15, 0.2) is 0 Å². The van der Waals surface area contributed by atoms with Gasteiger partial charge in [-0.2, -0.15) is 0 Å². The second-order valence-electron chi connectivity index (χ2n) is 5.24. The lowest BCUT2D eigenvalue weighted by Gasteiger charge is -2.32. The number of benzene rings is 1. The van der Waals surface area contributed by atoms with Crippen LogP contribution in [0.15, 0.2) is 23.1 Å². The molecule has 7 heteroatoms. The van der Waals surface area contributed by atoms with Gasteiger partial charge >= 0.3 is 0 Å². The molecule has 0 saturated carbocycles. The lowest BCUT2D eigenvalue weighted by atomic mass is 9.95. The molecule has 112 valence electrons. The van der Waals surface area contributed by atoms with E-state index in [0.717, 1.165) is 19.0 Å². The molecule has 0 amide bonds. The van der Waals surface area contributed by atoms with Crippen LogP contribution in [-0.2, 0) is 10.0 Å². The Labute approximate surface area is 118 Å². The summed E-state index contributed by atoms with van der Waals surface area (Å²) >= 11 is 0. The molecule has 1 heterocycles. The van der Waals surface area contributed by atoms with Crippen molar-refractivity contribution in [3.05, 3.63) is 29.6 Å². The predicted molar refractivity (Wildman–Crippen MR) is 73.4 cm³/mol. The number of aryl methyl sites for hydroxylation is 1. The van der Waals surface area contributed by atoms with Gasteiger partial charge in [0.05, 0.1) is 10.5 Å². The van der Waals surface area contributed by atoms with Crippen LogP contribution in [-0.4, -0.2) is 38.8 Å². The molecule has 3 N–H and O–H groups in total. The maximum atomic E-state index is 13.4. The molecular weight excluding hydrogens is 283 g/mol. The summed E-state index contributed by atoms with van der Waals surface area (Å²) in [7, 11) is -3.81. The number of nitrogens with one attached hydrogen (secondary N) is 2. The van der Waals surface area contributed by atoms with E-state index in [1.807, 2.05) is 0 Å². The van der Waals surface area contributed by atoms with Gasteiger partial charge in [0.1, 0.15) is 5.82 Å². The van der Waals surface area contributed by atoms with Crippen molar-refractivity contribution >= 4 is 10.0 Å². The van der Waals surface area contributed by atoms with E-state index in [1.54, 1.807) is 6.92 Å². The molecule has 5 nitrogen and oxygen atoms in total. The normalized spacial score (nSPS) is 23.8. The highest BCUT2D eigenvalue weighted by atomic mass is 32.2. The van der Waals surface area contributed by atoms with Crippen molar-refractivity contribution in [3.63, 3.8) is 0 Å². The zero-order valence-corrected chi connectivity index (χ0v) is 12.1. The topological polar surface area (TPSA) is 78.4 Å². The van der Waals surface area contributed by atoms with Crippen molar-refractivity contribution in [2.75, 3.05) is 19.6 Å². The highest BCUT2D eigenvalue weighted by Crippen LogP contribution is 2.17. The number of hydrogen-bond donors (Lipinski definition) is 3. The summed E-state index contributed by atoms with van der Waals surface area (Å²) in [6.07, 6.45) is 1.32. The van der Waals surface area contributed by atoms with E-state index >= 15 is 0 Å². The van der Waals surface area contributed by atoms with Crippen molar-refractivity contribution in [1.29, 1.82) is 0 Å². The van der Waals surface area contributed by atoms with Crippen molar-refractivity contribution in [2.24, 2.45) is 0 Å². The van der Waals surface area contributed by atoms with E-state index in [0.29, 0.717) is 18.5 Å². The van der Waals surface area contributed by atoms with Gasteiger partial charge in [0.2, 0.25) is 10.0 Å². The van der Waals surface area contributed by atoms with Crippen LogP contribution in [0.25, 0.3) is 0 Å². The maximum Gasteiger partial charge on any atom is 0.240 e.